The van der Waals surface area contributed by atoms with Gasteiger partial charge in [0.1, 0.15) is 24.0 Å². The van der Waals surface area contributed by atoms with Gasteiger partial charge in [-0.15, -0.1) is 0 Å². The lowest BCUT2D eigenvalue weighted by Crippen LogP contribution is -2.32. The third kappa shape index (κ3) is 6.30. The van der Waals surface area contributed by atoms with Gasteiger partial charge < -0.3 is 14.5 Å². The van der Waals surface area contributed by atoms with E-state index in [-0.39, 0.29) is 5.41 Å². The number of rotatable bonds is 7. The van der Waals surface area contributed by atoms with Crippen molar-refractivity contribution in [2.24, 2.45) is 0 Å². The predicted molar refractivity (Wildman–Crippen MR) is 293 cm³/mol. The van der Waals surface area contributed by atoms with Gasteiger partial charge in [-0.1, -0.05) is 178 Å². The smallest absolute Gasteiger partial charge is 0.137 e. The van der Waals surface area contributed by atoms with Crippen LogP contribution in [0.1, 0.15) is 48.6 Å². The highest BCUT2D eigenvalue weighted by Crippen LogP contribution is 2.63. The van der Waals surface area contributed by atoms with Crippen molar-refractivity contribution in [3.8, 4) is 39.6 Å². The van der Waals surface area contributed by atoms with Crippen LogP contribution in [0, 0.1) is 0 Å². The van der Waals surface area contributed by atoms with Crippen LogP contribution >= 0.6 is 11.8 Å². The molecule has 0 saturated carbocycles. The molecule has 0 amide bonds. The zero-order chi connectivity index (χ0) is 47.4. The molecule has 1 aliphatic carbocycles. The average molecular weight is 933 g/mol. The molecule has 11 aromatic rings. The predicted octanol–water partition coefficient (Wildman–Crippen LogP) is 17.0. The molecule has 0 unspecified atom stereocenters. The number of nitrogens with zero attached hydrogens (tertiary/aromatic N) is 4. The van der Waals surface area contributed by atoms with Crippen LogP contribution in [-0.2, 0) is 10.8 Å². The number of anilines is 4. The van der Waals surface area contributed by atoms with Crippen molar-refractivity contribution >= 4 is 56.3 Å². The fourth-order valence-electron chi connectivity index (χ4n) is 11.8. The second-order valence-corrected chi connectivity index (χ2v) is 21.0. The summed E-state index contributed by atoms with van der Waals surface area (Å²) in [5.74, 6) is 2.44. The molecule has 0 radical (unpaired) electrons. The van der Waals surface area contributed by atoms with E-state index in [9.17, 15) is 0 Å². The lowest BCUT2D eigenvalue weighted by atomic mass is 9.67. The molecular weight excluding hydrogens is 885 g/mol. The minimum absolute atomic E-state index is 0.0529. The third-order valence-electron chi connectivity index (χ3n) is 14.9. The highest BCUT2D eigenvalue weighted by Gasteiger charge is 2.50. The van der Waals surface area contributed by atoms with Crippen LogP contribution in [0.4, 0.5) is 22.7 Å². The number of para-hydroxylation sites is 3. The van der Waals surface area contributed by atoms with E-state index in [1.165, 1.54) is 76.3 Å². The fraction of sp³-hybridized carbons (Fsp3) is 0.0923. The Morgan fingerprint density at radius 2 is 1.08 bits per heavy atom. The first-order valence-corrected chi connectivity index (χ1v) is 25.3. The highest BCUT2D eigenvalue weighted by molar-refractivity contribution is 7.99. The Bertz CT molecular complexity index is 3820. The SMILES string of the molecule is CC(C)(C)c1ccnc(-n2c3cccc4c3c3c(cc(Oc5cccc(N6CN(c7c(-c8ccccc8)cccc7-c7ccccc7)c7ccccc76)c5)cc32)C42c3ccccc3Sc3ccccc32)c1. The number of aromatic nitrogens is 2. The minimum atomic E-state index is -0.556. The van der Waals surface area contributed by atoms with Crippen LogP contribution < -0.4 is 14.5 Å². The molecule has 71 heavy (non-hydrogen) atoms. The van der Waals surface area contributed by atoms with Crippen molar-refractivity contribution in [1.29, 1.82) is 0 Å². The maximum Gasteiger partial charge on any atom is 0.137 e. The number of pyridine rings is 1. The van der Waals surface area contributed by atoms with Gasteiger partial charge in [0.05, 0.1) is 33.5 Å². The van der Waals surface area contributed by atoms with E-state index in [1.54, 1.807) is 0 Å². The molecule has 2 aliphatic heterocycles. The van der Waals surface area contributed by atoms with Crippen molar-refractivity contribution in [2.45, 2.75) is 41.4 Å². The molecule has 14 rings (SSSR count). The van der Waals surface area contributed by atoms with Crippen LogP contribution in [0.5, 0.6) is 11.5 Å². The summed E-state index contributed by atoms with van der Waals surface area (Å²) in [4.78, 5) is 12.5. The third-order valence-corrected chi connectivity index (χ3v) is 16.1. The lowest BCUT2D eigenvalue weighted by molar-refractivity contribution is 0.482. The molecule has 9 aromatic carbocycles. The Balaban J connectivity index is 0.930. The molecule has 6 heteroatoms. The zero-order valence-electron chi connectivity index (χ0n) is 39.7. The van der Waals surface area contributed by atoms with Gasteiger partial charge in [0.15, 0.2) is 0 Å². The summed E-state index contributed by atoms with van der Waals surface area (Å²) >= 11 is 1.87. The fourth-order valence-corrected chi connectivity index (χ4v) is 13.0. The molecule has 5 nitrogen and oxygen atoms in total. The summed E-state index contributed by atoms with van der Waals surface area (Å²) in [6.07, 6.45) is 1.96. The highest BCUT2D eigenvalue weighted by atomic mass is 32.2. The number of hydrogen-bond acceptors (Lipinski definition) is 5. The summed E-state index contributed by atoms with van der Waals surface area (Å²) in [5.41, 5.74) is 17.2. The summed E-state index contributed by atoms with van der Waals surface area (Å²) in [5, 5.41) is 2.52. The molecule has 0 bridgehead atoms. The lowest BCUT2D eigenvalue weighted by Gasteiger charge is -2.40. The molecule has 2 aromatic heterocycles. The van der Waals surface area contributed by atoms with Crippen LogP contribution in [0.25, 0.3) is 49.9 Å². The molecule has 0 N–H and O–H groups in total. The summed E-state index contributed by atoms with van der Waals surface area (Å²) in [7, 11) is 0. The second kappa shape index (κ2) is 15.9. The molecule has 0 saturated heterocycles. The first-order valence-electron chi connectivity index (χ1n) is 24.5. The topological polar surface area (TPSA) is 33.5 Å². The molecule has 340 valence electrons. The summed E-state index contributed by atoms with van der Waals surface area (Å²) in [6, 6.07) is 79.4. The molecular formula is C65H48N4OS. The van der Waals surface area contributed by atoms with Crippen molar-refractivity contribution < 1.29 is 4.74 Å². The summed E-state index contributed by atoms with van der Waals surface area (Å²) < 4.78 is 9.63. The van der Waals surface area contributed by atoms with Gasteiger partial charge in [-0.25, -0.2) is 4.98 Å². The van der Waals surface area contributed by atoms with Crippen LogP contribution in [0.15, 0.2) is 234 Å². The monoisotopic (exact) mass is 932 g/mol. The minimum Gasteiger partial charge on any atom is -0.457 e. The van der Waals surface area contributed by atoms with Crippen molar-refractivity contribution in [1.82, 2.24) is 9.55 Å². The quantitative estimate of drug-likeness (QED) is 0.159. The van der Waals surface area contributed by atoms with E-state index in [4.69, 9.17) is 9.72 Å². The molecule has 1 spiro atoms. The molecule has 0 atom stereocenters. The normalized spacial score (nSPS) is 14.1. The number of ether oxygens (including phenoxy) is 1. The van der Waals surface area contributed by atoms with E-state index < -0.39 is 5.41 Å². The number of hydrogen-bond donors (Lipinski definition) is 0. The maximum absolute atomic E-state index is 7.26. The Morgan fingerprint density at radius 3 is 1.77 bits per heavy atom. The van der Waals surface area contributed by atoms with E-state index in [1.807, 2.05) is 18.0 Å². The zero-order valence-corrected chi connectivity index (χ0v) is 40.5. The molecule has 0 fully saturated rings. The van der Waals surface area contributed by atoms with Gasteiger partial charge in [-0.3, -0.25) is 4.57 Å². The van der Waals surface area contributed by atoms with Crippen LogP contribution in [-0.4, -0.2) is 16.2 Å². The van der Waals surface area contributed by atoms with Gasteiger partial charge >= 0.3 is 0 Å². The van der Waals surface area contributed by atoms with Gasteiger partial charge in [0, 0.05) is 55.7 Å². The molecule has 3 aliphatic rings. The molecule has 4 heterocycles. The van der Waals surface area contributed by atoms with Crippen LogP contribution in [0.3, 0.4) is 0 Å². The van der Waals surface area contributed by atoms with E-state index in [2.05, 4.69) is 254 Å². The second-order valence-electron chi connectivity index (χ2n) is 19.9. The summed E-state index contributed by atoms with van der Waals surface area (Å²) in [6.45, 7) is 7.41. The van der Waals surface area contributed by atoms with E-state index in [0.717, 1.165) is 45.4 Å². The van der Waals surface area contributed by atoms with E-state index in [0.29, 0.717) is 6.67 Å². The largest absolute Gasteiger partial charge is 0.457 e. The first kappa shape index (κ1) is 41.6. The standard InChI is InChI=1S/C65H48N4OS/c1-64(2,3)44-35-36-66-60(37-44)69-56-32-18-29-52-61(56)62-53(65(52)50-27-10-14-33-58(50)71-59-34-15-11-28-51(59)65)39-47(40-57(62)69)70-46-24-16-23-45(38-46)67-41-68(55-31-13-12-30-54(55)67)63-48(42-19-6-4-7-20-42)25-17-26-49(63)43-21-8-5-9-22-43/h4-40H,41H2,1-3H3. The Labute approximate surface area is 418 Å². The number of benzene rings is 9. The van der Waals surface area contributed by atoms with Gasteiger partial charge in [-0.2, -0.15) is 0 Å². The Hall–Kier alpha value is -8.32. The van der Waals surface area contributed by atoms with Crippen molar-refractivity contribution in [2.75, 3.05) is 16.5 Å². The van der Waals surface area contributed by atoms with Gasteiger partial charge in [0.2, 0.25) is 0 Å². The van der Waals surface area contributed by atoms with Crippen molar-refractivity contribution in [3.05, 3.63) is 252 Å². The number of fused-ring (bicyclic) bond motifs is 7. The van der Waals surface area contributed by atoms with Crippen molar-refractivity contribution in [3.63, 3.8) is 0 Å². The van der Waals surface area contributed by atoms with Gasteiger partial charge in [0.25, 0.3) is 0 Å². The average Bonchev–Trinajstić information content (AvgIpc) is 4.10. The maximum atomic E-state index is 7.26. The van der Waals surface area contributed by atoms with Gasteiger partial charge in [-0.05, 0) is 105 Å². The first-order chi connectivity index (χ1) is 34.8. The van der Waals surface area contributed by atoms with Crippen LogP contribution in [0.2, 0.25) is 0 Å². The van der Waals surface area contributed by atoms with E-state index >= 15 is 0 Å². The Kier molecular flexibility index (Phi) is 9.30. The Morgan fingerprint density at radius 1 is 0.493 bits per heavy atom.